The lowest BCUT2D eigenvalue weighted by Gasteiger charge is -2.20. The third kappa shape index (κ3) is 68.8. The zero-order valence-electron chi connectivity index (χ0n) is 77.9. The summed E-state index contributed by atoms with van der Waals surface area (Å²) in [5, 5.41) is 63.4. The number of carbonyl (C=O) groups excluding carboxylic acids is 4. The molecule has 0 unspecified atom stereocenters. The standard InChI is InChI=1S/C20H35B2N6O2.C17H28N7.C12H14N4.C10H8FN3.C10H18O5.C6H12O2.C4H8BBrNO.C3H8BrN.C2H7N.2BrH.2ClH/c1-21(29)12-5-6-14-27-16-17-28(15-7-13-23-22(2)30)20(27)25-24-18-8-10-19(11-9-18)26(3)4;1-22(2)16-7-5-15(6-8-16)20-21-17-23(11-3-9-18)13-14-24(17)12-4-10-19;1-16(2)11-7-5-10(6-8-11)14-15-12-4-3-9-13-12;11-8-3-5-9(6-4-8)13-14-10-2-1-7-12-10;1-9(2,3)14-7(11)13-8(12)15-10(4,5)6;1-5(7)8-6(2,3)4;6-2-1-3-7-5-4-8;4-2-1-3-5;1-3-2;;;;/h8-11,16-17,23,29-30H,5-7,12-15H2,1-4H3;5-8,13-14H,3-4,9-12,18-19H2,1-2H3;3,5-9H,4H2,1-2H3;1,3-7H,2H2;1-6H3;1-4H3;4,7H,1-3H2;1-3,5H2;3H,1-2H3;4*1H/q2*+1;;;;;;;;;;;/p-2. The number of halogens is 7. The summed E-state index contributed by atoms with van der Waals surface area (Å²) >= 11 is 6.49. The highest BCUT2D eigenvalue weighted by atomic mass is 79.9. The molecule has 0 bridgehead atoms. The smallest absolute Gasteiger partial charge is 0.519 e. The van der Waals surface area contributed by atoms with Gasteiger partial charge in [0.1, 0.15) is 34.0 Å². The molecule has 2 aliphatic heterocycles. The summed E-state index contributed by atoms with van der Waals surface area (Å²) < 4.78 is 39.6. The first-order valence-electron chi connectivity index (χ1n) is 41.1. The van der Waals surface area contributed by atoms with Crippen molar-refractivity contribution in [2.75, 3.05) is 114 Å². The Bertz CT molecular complexity index is 4030. The van der Waals surface area contributed by atoms with E-state index in [2.05, 4.69) is 155 Å². The quantitative estimate of drug-likeness (QED) is 0.00346. The summed E-state index contributed by atoms with van der Waals surface area (Å²) in [6, 6.07) is 29.8. The summed E-state index contributed by atoms with van der Waals surface area (Å²) in [4.78, 5) is 56.1. The van der Waals surface area contributed by atoms with Gasteiger partial charge in [0, 0.05) is 125 Å². The number of ether oxygens (including phenoxy) is 4. The van der Waals surface area contributed by atoms with Gasteiger partial charge in [-0.3, -0.25) is 4.79 Å². The molecule has 1 radical (unpaired) electrons. The zero-order chi connectivity index (χ0) is 92.6. The number of carbonyl (C=O) groups is 4. The zero-order valence-corrected chi connectivity index (χ0v) is 85.8. The van der Waals surface area contributed by atoms with Crippen molar-refractivity contribution >= 4 is 141 Å². The normalized spacial score (nSPS) is 11.4. The molecule has 2 aromatic heterocycles. The Balaban J connectivity index is -0.000000464. The van der Waals surface area contributed by atoms with Gasteiger partial charge >= 0.3 is 37.2 Å². The van der Waals surface area contributed by atoms with Gasteiger partial charge in [-0.1, -0.05) is 67.5 Å². The van der Waals surface area contributed by atoms with E-state index in [1.54, 1.807) is 72.9 Å². The van der Waals surface area contributed by atoms with Crippen molar-refractivity contribution in [2.24, 2.45) is 56.6 Å². The van der Waals surface area contributed by atoms with Crippen molar-refractivity contribution in [3.05, 3.63) is 152 Å². The fourth-order valence-corrected chi connectivity index (χ4v) is 9.94. The number of benzene rings is 4. The van der Waals surface area contributed by atoms with Crippen molar-refractivity contribution in [1.82, 2.24) is 24.9 Å². The van der Waals surface area contributed by atoms with Crippen LogP contribution in [0.15, 0.2) is 197 Å². The molecule has 4 aromatic carbocycles. The van der Waals surface area contributed by atoms with Gasteiger partial charge in [0.25, 0.3) is 14.3 Å². The minimum absolute atomic E-state index is 0. The van der Waals surface area contributed by atoms with Crippen LogP contribution in [0.2, 0.25) is 20.0 Å². The van der Waals surface area contributed by atoms with Crippen LogP contribution < -0.4 is 116 Å². The van der Waals surface area contributed by atoms with Crippen molar-refractivity contribution in [1.29, 1.82) is 0 Å². The summed E-state index contributed by atoms with van der Waals surface area (Å²) in [6.07, 6.45) is 23.5. The predicted octanol–water partition coefficient (Wildman–Crippen LogP) is 2.61. The number of aliphatic imine (C=N–C) groups is 2. The number of nitrogens with zero attached hydrogens (tertiary/aromatic N) is 17. The molecule has 709 valence electrons. The number of nitrogens with one attached hydrogen (secondary N) is 3. The molecule has 0 spiro atoms. The Kier molecular flexibility index (Phi) is 76.2. The summed E-state index contributed by atoms with van der Waals surface area (Å²) in [5.41, 5.74) is 17.8. The number of nitrogens with two attached hydrogens (primary N) is 1. The number of rotatable bonds is 32. The topological polar surface area (TPSA) is 414 Å². The van der Waals surface area contributed by atoms with E-state index in [-0.39, 0.29) is 83.1 Å². The number of hydrogen-bond acceptors (Lipinski definition) is 27. The van der Waals surface area contributed by atoms with Gasteiger partial charge in [0.2, 0.25) is 0 Å². The number of imidazole rings is 2. The summed E-state index contributed by atoms with van der Waals surface area (Å²) in [7, 11) is 16.7. The number of aromatic nitrogens is 4. The molecule has 0 fully saturated rings. The number of unbranched alkanes of at least 4 members (excludes halogenated alkanes) is 1. The lowest BCUT2D eigenvalue weighted by atomic mass is 9.67. The van der Waals surface area contributed by atoms with Gasteiger partial charge in [-0.05, 0) is 232 Å². The monoisotopic (exact) mass is 2070 g/mol. The Morgan fingerprint density at radius 2 is 0.945 bits per heavy atom. The number of aryl methyl sites for hydroxylation is 4. The highest BCUT2D eigenvalue weighted by Crippen LogP contribution is 2.25. The number of esters is 1. The maximum atomic E-state index is 12.5. The molecule has 0 atom stereocenters. The van der Waals surface area contributed by atoms with Gasteiger partial charge < -0.3 is 140 Å². The molecular formula is C84H140B3Br4Cl2FN23O10. The van der Waals surface area contributed by atoms with Crippen LogP contribution >= 0.6 is 31.9 Å². The van der Waals surface area contributed by atoms with Crippen LogP contribution in [0.1, 0.15) is 127 Å². The largest absolute Gasteiger partial charge is 1.00 e. The van der Waals surface area contributed by atoms with Gasteiger partial charge in [-0.2, -0.15) is 0 Å². The van der Waals surface area contributed by atoms with Gasteiger partial charge in [0.15, 0.2) is 11.7 Å². The fraction of sp³-hybridized carbons (Fsp3) is 0.524. The second-order valence-corrected chi connectivity index (χ2v) is 32.4. The summed E-state index contributed by atoms with van der Waals surface area (Å²) in [5.74, 6) is 2.63. The lowest BCUT2D eigenvalue weighted by molar-refractivity contribution is -0.686. The molecule has 43 heteroatoms. The van der Waals surface area contributed by atoms with E-state index >= 15 is 0 Å². The summed E-state index contributed by atoms with van der Waals surface area (Å²) in [6.45, 7) is 27.9. The predicted molar refractivity (Wildman–Crippen MR) is 503 cm³/mol. The second-order valence-electron chi connectivity index (χ2n) is 30.9. The molecule has 4 heterocycles. The Morgan fingerprint density at radius 3 is 1.24 bits per heavy atom. The molecule has 0 saturated carbocycles. The average molecular weight is 2070 g/mol. The lowest BCUT2D eigenvalue weighted by Crippen LogP contribution is -3.00. The van der Waals surface area contributed by atoms with Crippen LogP contribution in [-0.2, 0) is 54.7 Å². The van der Waals surface area contributed by atoms with Crippen LogP contribution in [0.5, 0.6) is 0 Å². The van der Waals surface area contributed by atoms with E-state index in [4.69, 9.17) is 19.9 Å². The van der Waals surface area contributed by atoms with Crippen molar-refractivity contribution in [3.8, 4) is 0 Å². The molecule has 8 rings (SSSR count). The first-order valence-corrected chi connectivity index (χ1v) is 43.3. The van der Waals surface area contributed by atoms with Crippen LogP contribution in [0, 0.1) is 5.82 Å². The third-order valence-corrected chi connectivity index (χ3v) is 16.2. The van der Waals surface area contributed by atoms with E-state index in [9.17, 15) is 33.6 Å². The van der Waals surface area contributed by atoms with E-state index < -0.39 is 30.6 Å². The van der Waals surface area contributed by atoms with Gasteiger partial charge in [0.05, 0.1) is 81.6 Å². The molecule has 0 aliphatic carbocycles. The van der Waals surface area contributed by atoms with E-state index in [0.29, 0.717) is 17.9 Å². The van der Waals surface area contributed by atoms with Crippen molar-refractivity contribution in [3.63, 3.8) is 0 Å². The Labute approximate surface area is 805 Å². The highest BCUT2D eigenvalue weighted by Gasteiger charge is 2.25. The van der Waals surface area contributed by atoms with E-state index in [0.717, 1.165) is 185 Å². The molecule has 13 N–H and O–H groups in total. The van der Waals surface area contributed by atoms with Crippen molar-refractivity contribution in [2.45, 2.75) is 190 Å². The first-order chi connectivity index (χ1) is 58.3. The highest BCUT2D eigenvalue weighted by molar-refractivity contribution is 9.09. The minimum Gasteiger partial charge on any atom is -1.00 e. The SMILES string of the molecule is CB(O)CCCCn1cc[n+](CCCNB(C)O)c1N=Nc1ccc(N(C)C)cc1.CC(=O)OC(C)(C)C.CC(C)(C)OC(=O)OC(=O)OC(C)(C)C.CN(C)c1ccc(N=NC2=NC=CC2)cc1.CN(C)c1ccc(N=Nc2n(CCC[NH3+])cc[n+]2CCC[NH3+])cc1.CNC.Fc1ccc(N=NC2=NC=CC2)cc1.NCCCBr.O=C[B]NCCCBr.[Br-].[Br-].[Cl-].[Cl-]. The Morgan fingerprint density at radius 1 is 0.575 bits per heavy atom. The molecule has 33 nitrogen and oxygen atoms in total. The number of quaternary nitrogens is 2. The maximum Gasteiger partial charge on any atom is 0.519 e. The van der Waals surface area contributed by atoms with Crippen molar-refractivity contribution < 1.29 is 132 Å². The minimum atomic E-state index is -1.06. The molecule has 2 aliphatic rings. The van der Waals surface area contributed by atoms with Gasteiger partial charge in [-0.15, -0.1) is 20.5 Å². The van der Waals surface area contributed by atoms with Crippen LogP contribution in [0.25, 0.3) is 0 Å². The van der Waals surface area contributed by atoms with Crippen LogP contribution in [-0.4, -0.2) is 193 Å². The van der Waals surface area contributed by atoms with Crippen LogP contribution in [0.4, 0.5) is 65.7 Å². The molecule has 127 heavy (non-hydrogen) atoms. The van der Waals surface area contributed by atoms with E-state index in [1.165, 1.54) is 26.5 Å². The second kappa shape index (κ2) is 75.9. The molecule has 6 aromatic rings. The van der Waals surface area contributed by atoms with Crippen LogP contribution in [0.3, 0.4) is 0 Å². The first kappa shape index (κ1) is 128. The number of alkyl halides is 2. The molecular weight excluding hydrogens is 1930 g/mol. The number of amidine groups is 2. The number of azo groups is 4. The molecule has 0 amide bonds. The average Bonchev–Trinajstić information content (AvgIpc) is 1.71. The maximum absolute atomic E-state index is 12.5. The Hall–Kier alpha value is -7.90. The number of hydrogen-bond donors (Lipinski definition) is 8. The number of anilines is 3. The fourth-order valence-electron chi connectivity index (χ4n) is 9.34. The van der Waals surface area contributed by atoms with E-state index in [1.807, 2.05) is 186 Å². The molecule has 0 saturated heterocycles. The van der Waals surface area contributed by atoms with Gasteiger partial charge in [-0.25, -0.2) is 42.2 Å². The third-order valence-electron chi connectivity index (χ3n) is 15.1.